The van der Waals surface area contributed by atoms with Crippen molar-refractivity contribution >= 4 is 0 Å². The van der Waals surface area contributed by atoms with Crippen LogP contribution in [-0.2, 0) is 0 Å². The second-order valence-corrected chi connectivity index (χ2v) is 3.92. The summed E-state index contributed by atoms with van der Waals surface area (Å²) >= 11 is 0. The van der Waals surface area contributed by atoms with Crippen molar-refractivity contribution < 1.29 is 14.6 Å². The van der Waals surface area contributed by atoms with Crippen molar-refractivity contribution in [1.82, 2.24) is 4.90 Å². The Morgan fingerprint density at radius 2 is 2.06 bits per heavy atom. The number of nitrogens with zero attached hydrogens (tertiary/aromatic N) is 1. The molecule has 1 atom stereocenters. The molecule has 0 spiro atoms. The molecule has 1 heterocycles. The normalized spacial score (nSPS) is 16.9. The van der Waals surface area contributed by atoms with Gasteiger partial charge in [-0.25, -0.2) is 0 Å². The average molecular weight is 223 g/mol. The molecule has 1 unspecified atom stereocenters. The molecule has 1 aromatic rings. The summed E-state index contributed by atoms with van der Waals surface area (Å²) in [6, 6.07) is 5.47. The number of methoxy groups -OCH3 is 2. The number of rotatable bonds is 5. The van der Waals surface area contributed by atoms with Gasteiger partial charge in [0.25, 0.3) is 0 Å². The fourth-order valence-electron chi connectivity index (χ4n) is 1.70. The van der Waals surface area contributed by atoms with Gasteiger partial charge in [0.1, 0.15) is 11.5 Å². The van der Waals surface area contributed by atoms with E-state index in [4.69, 9.17) is 9.47 Å². The quantitative estimate of drug-likeness (QED) is 0.758. The lowest BCUT2D eigenvalue weighted by Gasteiger charge is -2.16. The molecule has 1 aromatic carbocycles. The van der Waals surface area contributed by atoms with Crippen LogP contribution < -0.4 is 9.47 Å². The van der Waals surface area contributed by atoms with Gasteiger partial charge >= 0.3 is 0 Å². The van der Waals surface area contributed by atoms with E-state index in [1.54, 1.807) is 14.2 Å². The van der Waals surface area contributed by atoms with Crippen molar-refractivity contribution in [3.63, 3.8) is 0 Å². The van der Waals surface area contributed by atoms with Crippen LogP contribution in [0.3, 0.4) is 0 Å². The van der Waals surface area contributed by atoms with Gasteiger partial charge in [-0.15, -0.1) is 0 Å². The lowest BCUT2D eigenvalue weighted by Crippen LogP contribution is -2.12. The first-order valence-electron chi connectivity index (χ1n) is 5.37. The van der Waals surface area contributed by atoms with Crippen LogP contribution in [0.15, 0.2) is 18.2 Å². The van der Waals surface area contributed by atoms with E-state index in [0.29, 0.717) is 12.3 Å². The lowest BCUT2D eigenvalue weighted by atomic mass is 10.1. The number of hydrogen-bond acceptors (Lipinski definition) is 4. The number of hydrogen-bond donors (Lipinski definition) is 1. The molecule has 4 nitrogen and oxygen atoms in total. The third-order valence-corrected chi connectivity index (χ3v) is 2.77. The number of benzene rings is 1. The Kier molecular flexibility index (Phi) is 3.31. The number of β-amino-alcohol motifs (C(OH)–C–C–N with tert-alkyl or cyclic N) is 1. The van der Waals surface area contributed by atoms with Crippen LogP contribution in [0.1, 0.15) is 11.7 Å². The molecule has 1 N–H and O–H groups in total. The molecule has 0 radical (unpaired) electrons. The number of ether oxygens (including phenoxy) is 2. The summed E-state index contributed by atoms with van der Waals surface area (Å²) < 4.78 is 10.4. The molecule has 0 aromatic heterocycles. The minimum atomic E-state index is -0.521. The minimum absolute atomic E-state index is 0.521. The van der Waals surface area contributed by atoms with Gasteiger partial charge in [-0.05, 0) is 18.2 Å². The second-order valence-electron chi connectivity index (χ2n) is 3.92. The first-order chi connectivity index (χ1) is 7.74. The van der Waals surface area contributed by atoms with E-state index in [9.17, 15) is 5.11 Å². The highest BCUT2D eigenvalue weighted by Crippen LogP contribution is 2.30. The molecule has 88 valence electrons. The van der Waals surface area contributed by atoms with Crippen LogP contribution in [0.5, 0.6) is 11.5 Å². The zero-order valence-corrected chi connectivity index (χ0v) is 9.64. The Morgan fingerprint density at radius 3 is 2.62 bits per heavy atom. The third kappa shape index (κ3) is 2.46. The van der Waals surface area contributed by atoms with Gasteiger partial charge in [0, 0.05) is 25.2 Å². The largest absolute Gasteiger partial charge is 0.497 e. The summed E-state index contributed by atoms with van der Waals surface area (Å²) in [4.78, 5) is 2.17. The van der Waals surface area contributed by atoms with Gasteiger partial charge in [-0.1, -0.05) is 0 Å². The molecule has 0 bridgehead atoms. The fourth-order valence-corrected chi connectivity index (χ4v) is 1.70. The summed E-state index contributed by atoms with van der Waals surface area (Å²) in [5.41, 5.74) is 0.786. The van der Waals surface area contributed by atoms with Crippen molar-refractivity contribution in [2.45, 2.75) is 6.10 Å². The minimum Gasteiger partial charge on any atom is -0.497 e. The predicted molar refractivity (Wildman–Crippen MR) is 60.9 cm³/mol. The molecular weight excluding hydrogens is 206 g/mol. The van der Waals surface area contributed by atoms with E-state index < -0.39 is 6.10 Å². The molecule has 0 amide bonds. The van der Waals surface area contributed by atoms with Crippen molar-refractivity contribution in [2.24, 2.45) is 0 Å². The van der Waals surface area contributed by atoms with Crippen LogP contribution in [0, 0.1) is 0 Å². The standard InChI is InChI=1S/C12H17NO3/c1-15-9-3-4-12(16-2)10(7-9)11(14)8-13-5-6-13/h3-4,7,11,14H,5-6,8H2,1-2H3. The predicted octanol–water partition coefficient (Wildman–Crippen LogP) is 1.05. The molecular formula is C12H17NO3. The molecule has 16 heavy (non-hydrogen) atoms. The van der Waals surface area contributed by atoms with Gasteiger partial charge in [-0.2, -0.15) is 0 Å². The van der Waals surface area contributed by atoms with Gasteiger partial charge in [0.05, 0.1) is 20.3 Å². The molecule has 1 aliphatic rings. The Hall–Kier alpha value is -1.26. The monoisotopic (exact) mass is 223 g/mol. The Morgan fingerprint density at radius 1 is 1.31 bits per heavy atom. The Balaban J connectivity index is 2.20. The first kappa shape index (κ1) is 11.2. The summed E-state index contributed by atoms with van der Waals surface area (Å²) in [5, 5.41) is 10.1. The fraction of sp³-hybridized carbons (Fsp3) is 0.500. The zero-order chi connectivity index (χ0) is 11.5. The molecule has 2 rings (SSSR count). The van der Waals surface area contributed by atoms with Gasteiger partial charge in [-0.3, -0.25) is 4.90 Å². The molecule has 1 fully saturated rings. The first-order valence-corrected chi connectivity index (χ1v) is 5.37. The highest BCUT2D eigenvalue weighted by Gasteiger charge is 2.23. The van der Waals surface area contributed by atoms with Crippen LogP contribution >= 0.6 is 0 Å². The van der Waals surface area contributed by atoms with Gasteiger partial charge in [0.15, 0.2) is 0 Å². The van der Waals surface area contributed by atoms with E-state index in [1.807, 2.05) is 18.2 Å². The van der Waals surface area contributed by atoms with Gasteiger partial charge < -0.3 is 14.6 Å². The number of aliphatic hydroxyl groups is 1. The van der Waals surface area contributed by atoms with Gasteiger partial charge in [0.2, 0.25) is 0 Å². The highest BCUT2D eigenvalue weighted by atomic mass is 16.5. The zero-order valence-electron chi connectivity index (χ0n) is 9.64. The maximum Gasteiger partial charge on any atom is 0.124 e. The van der Waals surface area contributed by atoms with E-state index in [2.05, 4.69) is 4.90 Å². The Labute approximate surface area is 95.4 Å². The van der Waals surface area contributed by atoms with E-state index in [0.717, 1.165) is 24.4 Å². The van der Waals surface area contributed by atoms with Crippen molar-refractivity contribution in [2.75, 3.05) is 33.9 Å². The molecule has 1 saturated heterocycles. The van der Waals surface area contributed by atoms with Crippen LogP contribution in [0.2, 0.25) is 0 Å². The molecule has 4 heteroatoms. The summed E-state index contributed by atoms with van der Waals surface area (Å²) in [5.74, 6) is 1.44. The summed E-state index contributed by atoms with van der Waals surface area (Å²) in [7, 11) is 3.22. The Bertz CT molecular complexity index is 363. The number of aliphatic hydroxyl groups excluding tert-OH is 1. The SMILES string of the molecule is COc1ccc(OC)c(C(O)CN2CC2)c1. The second kappa shape index (κ2) is 4.72. The topological polar surface area (TPSA) is 41.7 Å². The van der Waals surface area contributed by atoms with Crippen LogP contribution in [0.4, 0.5) is 0 Å². The van der Waals surface area contributed by atoms with Crippen LogP contribution in [0.25, 0.3) is 0 Å². The summed E-state index contributed by atoms with van der Waals surface area (Å²) in [6.07, 6.45) is -0.521. The lowest BCUT2D eigenvalue weighted by molar-refractivity contribution is 0.152. The third-order valence-electron chi connectivity index (χ3n) is 2.77. The highest BCUT2D eigenvalue weighted by molar-refractivity contribution is 5.41. The summed E-state index contributed by atoms with van der Waals surface area (Å²) in [6.45, 7) is 2.80. The van der Waals surface area contributed by atoms with E-state index >= 15 is 0 Å². The maximum atomic E-state index is 10.1. The van der Waals surface area contributed by atoms with E-state index in [-0.39, 0.29) is 0 Å². The smallest absolute Gasteiger partial charge is 0.124 e. The maximum absolute atomic E-state index is 10.1. The van der Waals surface area contributed by atoms with Crippen molar-refractivity contribution in [3.8, 4) is 11.5 Å². The van der Waals surface area contributed by atoms with Crippen molar-refractivity contribution in [1.29, 1.82) is 0 Å². The average Bonchev–Trinajstić information content (AvgIpc) is 3.12. The van der Waals surface area contributed by atoms with E-state index in [1.165, 1.54) is 0 Å². The molecule has 0 saturated carbocycles. The molecule has 0 aliphatic carbocycles. The molecule has 1 aliphatic heterocycles. The van der Waals surface area contributed by atoms with Crippen LogP contribution in [-0.4, -0.2) is 43.9 Å². The van der Waals surface area contributed by atoms with Crippen molar-refractivity contribution in [3.05, 3.63) is 23.8 Å².